The van der Waals surface area contributed by atoms with E-state index >= 15 is 0 Å². The number of piperazine rings is 1. The third-order valence-electron chi connectivity index (χ3n) is 5.70. The summed E-state index contributed by atoms with van der Waals surface area (Å²) in [6.07, 6.45) is 4.70. The lowest BCUT2D eigenvalue weighted by molar-refractivity contribution is -0.130. The molecular weight excluding hydrogens is 366 g/mol. The highest BCUT2D eigenvalue weighted by Crippen LogP contribution is 2.24. The summed E-state index contributed by atoms with van der Waals surface area (Å²) >= 11 is 0. The van der Waals surface area contributed by atoms with Crippen LogP contribution >= 0.6 is 0 Å². The second kappa shape index (κ2) is 8.59. The van der Waals surface area contributed by atoms with Crippen LogP contribution in [-0.4, -0.2) is 63.8 Å². The molecule has 0 bridgehead atoms. The monoisotopic (exact) mass is 393 g/mol. The second-order valence-electron chi connectivity index (χ2n) is 7.75. The van der Waals surface area contributed by atoms with E-state index in [2.05, 4.69) is 15.3 Å². The molecule has 0 radical (unpaired) electrons. The molecule has 7 nitrogen and oxygen atoms in total. The van der Waals surface area contributed by atoms with Gasteiger partial charge in [-0.25, -0.2) is 9.97 Å². The van der Waals surface area contributed by atoms with Gasteiger partial charge in [0, 0.05) is 50.8 Å². The first kappa shape index (κ1) is 19.4. The van der Waals surface area contributed by atoms with Gasteiger partial charge in [-0.15, -0.1) is 0 Å². The Morgan fingerprint density at radius 2 is 1.62 bits per heavy atom. The normalized spacial score (nSPS) is 17.4. The highest BCUT2D eigenvalue weighted by atomic mass is 16.2. The average molecular weight is 393 g/mol. The molecule has 1 aromatic heterocycles. The minimum atomic E-state index is -0.109. The maximum absolute atomic E-state index is 13.2. The van der Waals surface area contributed by atoms with Crippen molar-refractivity contribution < 1.29 is 9.59 Å². The molecule has 0 spiro atoms. The fourth-order valence-corrected chi connectivity index (χ4v) is 4.01. The van der Waals surface area contributed by atoms with E-state index in [1.807, 2.05) is 30.3 Å². The van der Waals surface area contributed by atoms with E-state index < -0.39 is 0 Å². The minimum Gasteiger partial charge on any atom is -0.367 e. The molecule has 1 saturated carbocycles. The largest absolute Gasteiger partial charge is 0.367 e. The summed E-state index contributed by atoms with van der Waals surface area (Å²) in [6, 6.07) is 11.9. The Morgan fingerprint density at radius 3 is 2.28 bits per heavy atom. The Bertz CT molecular complexity index is 872. The maximum atomic E-state index is 13.2. The smallest absolute Gasteiger partial charge is 0.272 e. The summed E-state index contributed by atoms with van der Waals surface area (Å²) in [4.78, 5) is 37.5. The molecule has 1 aliphatic heterocycles. The Kier molecular flexibility index (Phi) is 5.74. The number of benzene rings is 1. The molecule has 1 aliphatic carbocycles. The van der Waals surface area contributed by atoms with Crippen LogP contribution in [0.2, 0.25) is 0 Å². The number of nitrogens with one attached hydrogen (secondary N) is 1. The summed E-state index contributed by atoms with van der Waals surface area (Å²) in [5.74, 6) is 1.20. The van der Waals surface area contributed by atoms with Gasteiger partial charge < -0.3 is 15.1 Å². The van der Waals surface area contributed by atoms with Crippen molar-refractivity contribution in [1.82, 2.24) is 19.8 Å². The fraction of sp³-hybridized carbons (Fsp3) is 0.455. The number of hydrogen-bond acceptors (Lipinski definition) is 5. The van der Waals surface area contributed by atoms with Crippen molar-refractivity contribution in [3.8, 4) is 11.4 Å². The number of amides is 2. The molecule has 1 aromatic carbocycles. The Morgan fingerprint density at radius 1 is 0.966 bits per heavy atom. The number of hydrogen-bond donors (Lipinski definition) is 1. The Labute approximate surface area is 171 Å². The van der Waals surface area contributed by atoms with Gasteiger partial charge in [-0.3, -0.25) is 9.59 Å². The topological polar surface area (TPSA) is 78.4 Å². The van der Waals surface area contributed by atoms with E-state index in [1.165, 1.54) is 12.8 Å². The molecule has 0 unspecified atom stereocenters. The lowest BCUT2D eigenvalue weighted by atomic mass is 10.2. The first-order valence-corrected chi connectivity index (χ1v) is 10.4. The quantitative estimate of drug-likeness (QED) is 0.864. The lowest BCUT2D eigenvalue weighted by Gasteiger charge is -2.34. The van der Waals surface area contributed by atoms with E-state index in [1.54, 1.807) is 22.8 Å². The Balaban J connectivity index is 1.59. The third kappa shape index (κ3) is 4.55. The van der Waals surface area contributed by atoms with Crippen LogP contribution in [0.25, 0.3) is 11.4 Å². The molecule has 2 fully saturated rings. The van der Waals surface area contributed by atoms with Crippen molar-refractivity contribution in [2.45, 2.75) is 38.6 Å². The van der Waals surface area contributed by atoms with E-state index in [-0.39, 0.29) is 11.8 Å². The molecule has 152 valence electrons. The zero-order valence-corrected chi connectivity index (χ0v) is 16.8. The van der Waals surface area contributed by atoms with Gasteiger partial charge >= 0.3 is 0 Å². The number of rotatable bonds is 4. The molecule has 4 rings (SSSR count). The molecule has 1 N–H and O–H groups in total. The first-order chi connectivity index (χ1) is 14.1. The standard InChI is InChI=1S/C22H27N5O2/c1-16(28)26-11-13-27(14-12-26)22(29)19-15-20(23-18-9-5-6-10-18)25-21(24-19)17-7-3-2-4-8-17/h2-4,7-8,15,18H,5-6,9-14H2,1H3,(H,23,24,25). The zero-order chi connectivity index (χ0) is 20.2. The van der Waals surface area contributed by atoms with E-state index in [4.69, 9.17) is 0 Å². The highest BCUT2D eigenvalue weighted by molar-refractivity contribution is 5.93. The van der Waals surface area contributed by atoms with Gasteiger partial charge in [-0.05, 0) is 12.8 Å². The van der Waals surface area contributed by atoms with Gasteiger partial charge in [0.1, 0.15) is 11.5 Å². The van der Waals surface area contributed by atoms with Crippen molar-refractivity contribution in [3.05, 3.63) is 42.1 Å². The average Bonchev–Trinajstić information content (AvgIpc) is 3.26. The summed E-state index contributed by atoms with van der Waals surface area (Å²) in [5.41, 5.74) is 1.29. The molecule has 2 heterocycles. The fourth-order valence-electron chi connectivity index (χ4n) is 4.01. The highest BCUT2D eigenvalue weighted by Gasteiger charge is 2.25. The van der Waals surface area contributed by atoms with Crippen molar-refractivity contribution in [1.29, 1.82) is 0 Å². The summed E-state index contributed by atoms with van der Waals surface area (Å²) in [6.45, 7) is 3.73. The zero-order valence-electron chi connectivity index (χ0n) is 16.8. The van der Waals surface area contributed by atoms with Gasteiger partial charge in [0.2, 0.25) is 5.91 Å². The maximum Gasteiger partial charge on any atom is 0.272 e. The molecule has 0 atom stereocenters. The number of carbonyl (C=O) groups excluding carboxylic acids is 2. The SMILES string of the molecule is CC(=O)N1CCN(C(=O)c2cc(NC3CCCC3)nc(-c3ccccc3)n2)CC1. The number of aromatic nitrogens is 2. The molecule has 29 heavy (non-hydrogen) atoms. The predicted molar refractivity (Wildman–Crippen MR) is 112 cm³/mol. The van der Waals surface area contributed by atoms with E-state index in [0.717, 1.165) is 18.4 Å². The van der Waals surface area contributed by atoms with Gasteiger partial charge in [-0.1, -0.05) is 43.2 Å². The molecule has 7 heteroatoms. The van der Waals surface area contributed by atoms with E-state index in [9.17, 15) is 9.59 Å². The van der Waals surface area contributed by atoms with Gasteiger partial charge in [0.25, 0.3) is 5.91 Å². The molecule has 2 amide bonds. The number of nitrogens with zero attached hydrogens (tertiary/aromatic N) is 4. The number of anilines is 1. The van der Waals surface area contributed by atoms with Crippen LogP contribution in [0, 0.1) is 0 Å². The van der Waals surface area contributed by atoms with Gasteiger partial charge in [0.05, 0.1) is 0 Å². The van der Waals surface area contributed by atoms with Gasteiger partial charge in [0.15, 0.2) is 5.82 Å². The van der Waals surface area contributed by atoms with Crippen molar-refractivity contribution >= 4 is 17.6 Å². The van der Waals surface area contributed by atoms with Crippen LogP contribution in [0.5, 0.6) is 0 Å². The van der Waals surface area contributed by atoms with Crippen LogP contribution in [0.15, 0.2) is 36.4 Å². The first-order valence-electron chi connectivity index (χ1n) is 10.4. The van der Waals surface area contributed by atoms with Gasteiger partial charge in [-0.2, -0.15) is 0 Å². The predicted octanol–water partition coefficient (Wildman–Crippen LogP) is 2.80. The van der Waals surface area contributed by atoms with Crippen LogP contribution in [0.1, 0.15) is 43.1 Å². The third-order valence-corrected chi connectivity index (χ3v) is 5.70. The lowest BCUT2D eigenvalue weighted by Crippen LogP contribution is -2.50. The van der Waals surface area contributed by atoms with Crippen LogP contribution < -0.4 is 5.32 Å². The molecule has 2 aromatic rings. The number of carbonyl (C=O) groups is 2. The molecular formula is C22H27N5O2. The Hall–Kier alpha value is -2.96. The summed E-state index contributed by atoms with van der Waals surface area (Å²) < 4.78 is 0. The molecule has 2 aliphatic rings. The van der Waals surface area contributed by atoms with E-state index in [0.29, 0.717) is 49.6 Å². The van der Waals surface area contributed by atoms with Crippen molar-refractivity contribution in [2.75, 3.05) is 31.5 Å². The minimum absolute atomic E-state index is 0.0496. The van der Waals surface area contributed by atoms with Crippen molar-refractivity contribution in [3.63, 3.8) is 0 Å². The summed E-state index contributed by atoms with van der Waals surface area (Å²) in [5, 5.41) is 3.50. The molecule has 1 saturated heterocycles. The second-order valence-corrected chi connectivity index (χ2v) is 7.75. The summed E-state index contributed by atoms with van der Waals surface area (Å²) in [7, 11) is 0. The van der Waals surface area contributed by atoms with Crippen LogP contribution in [0.4, 0.5) is 5.82 Å². The van der Waals surface area contributed by atoms with Crippen LogP contribution in [-0.2, 0) is 4.79 Å². The van der Waals surface area contributed by atoms with Crippen molar-refractivity contribution in [2.24, 2.45) is 0 Å². The van der Waals surface area contributed by atoms with Crippen LogP contribution in [0.3, 0.4) is 0 Å².